The van der Waals surface area contributed by atoms with Gasteiger partial charge in [-0.1, -0.05) is 31.2 Å². The maximum atomic E-state index is 12.8. The van der Waals surface area contributed by atoms with Crippen molar-refractivity contribution in [3.8, 4) is 5.75 Å². The molecular formula is C23H27N3O3. The summed E-state index contributed by atoms with van der Waals surface area (Å²) in [5.74, 6) is 0.564. The van der Waals surface area contributed by atoms with Crippen LogP contribution in [0.3, 0.4) is 0 Å². The van der Waals surface area contributed by atoms with Gasteiger partial charge in [-0.15, -0.1) is 0 Å². The number of rotatable bonds is 6. The lowest BCUT2D eigenvalue weighted by molar-refractivity contribution is 0.0534. The Balaban J connectivity index is 1.41. The lowest BCUT2D eigenvalue weighted by atomic mass is 10.1. The van der Waals surface area contributed by atoms with Crippen molar-refractivity contribution >= 4 is 17.5 Å². The van der Waals surface area contributed by atoms with Crippen molar-refractivity contribution in [2.45, 2.75) is 19.4 Å². The number of ether oxygens (including phenoxy) is 1. The van der Waals surface area contributed by atoms with Gasteiger partial charge in [0.05, 0.1) is 30.0 Å². The molecular weight excluding hydrogens is 366 g/mol. The molecule has 2 aliphatic rings. The molecule has 1 saturated heterocycles. The van der Waals surface area contributed by atoms with Gasteiger partial charge in [-0.05, 0) is 30.7 Å². The molecule has 2 aliphatic heterocycles. The molecule has 0 radical (unpaired) electrons. The van der Waals surface area contributed by atoms with E-state index in [1.165, 1.54) is 4.90 Å². The summed E-state index contributed by atoms with van der Waals surface area (Å²) in [6.45, 7) is 6.30. The van der Waals surface area contributed by atoms with Crippen molar-refractivity contribution in [2.24, 2.45) is 0 Å². The first-order chi connectivity index (χ1) is 14.1. The van der Waals surface area contributed by atoms with Crippen LogP contribution in [0.2, 0.25) is 0 Å². The number of fused-ring (bicyclic) bond motifs is 1. The molecule has 1 atom stereocenters. The quantitative estimate of drug-likeness (QED) is 0.707. The number of benzene rings is 2. The Morgan fingerprint density at radius 3 is 2.07 bits per heavy atom. The molecule has 29 heavy (non-hydrogen) atoms. The van der Waals surface area contributed by atoms with Crippen LogP contribution < -0.4 is 9.64 Å². The van der Waals surface area contributed by atoms with Gasteiger partial charge in [0.1, 0.15) is 5.75 Å². The summed E-state index contributed by atoms with van der Waals surface area (Å²) in [5, 5.41) is 0. The van der Waals surface area contributed by atoms with Crippen molar-refractivity contribution in [3.05, 3.63) is 59.7 Å². The van der Waals surface area contributed by atoms with E-state index in [0.717, 1.165) is 44.0 Å². The van der Waals surface area contributed by atoms with E-state index >= 15 is 0 Å². The summed E-state index contributed by atoms with van der Waals surface area (Å²) in [7, 11) is 1.70. The van der Waals surface area contributed by atoms with Crippen LogP contribution in [-0.4, -0.2) is 67.5 Å². The summed E-state index contributed by atoms with van der Waals surface area (Å²) in [5.41, 5.74) is 2.16. The van der Waals surface area contributed by atoms with Crippen LogP contribution in [0.25, 0.3) is 0 Å². The highest BCUT2D eigenvalue weighted by Crippen LogP contribution is 2.29. The molecule has 6 heteroatoms. The average Bonchev–Trinajstić information content (AvgIpc) is 3.03. The minimum absolute atomic E-state index is 0.111. The second-order valence-corrected chi connectivity index (χ2v) is 7.55. The van der Waals surface area contributed by atoms with Gasteiger partial charge in [-0.25, -0.2) is 0 Å². The van der Waals surface area contributed by atoms with E-state index in [1.807, 2.05) is 37.3 Å². The summed E-state index contributed by atoms with van der Waals surface area (Å²) in [4.78, 5) is 31.8. The van der Waals surface area contributed by atoms with Crippen molar-refractivity contribution in [3.63, 3.8) is 0 Å². The van der Waals surface area contributed by atoms with E-state index in [0.29, 0.717) is 17.7 Å². The SMILES string of the molecule is CCC(CN1CCN(c2ccccc2OC)CC1)N1C(=O)c2ccccc2C1=O. The zero-order valence-electron chi connectivity index (χ0n) is 17.0. The minimum Gasteiger partial charge on any atom is -0.495 e. The predicted molar refractivity (Wildman–Crippen MR) is 113 cm³/mol. The Morgan fingerprint density at radius 1 is 0.897 bits per heavy atom. The molecule has 0 spiro atoms. The highest BCUT2D eigenvalue weighted by Gasteiger charge is 2.39. The van der Waals surface area contributed by atoms with Gasteiger partial charge >= 0.3 is 0 Å². The highest BCUT2D eigenvalue weighted by molar-refractivity contribution is 6.21. The summed E-state index contributed by atoms with van der Waals surface area (Å²) in [6.07, 6.45) is 0.748. The Bertz CT molecular complexity index is 871. The Labute approximate surface area is 171 Å². The van der Waals surface area contributed by atoms with Crippen LogP contribution in [0, 0.1) is 0 Å². The van der Waals surface area contributed by atoms with Crippen LogP contribution in [-0.2, 0) is 0 Å². The Hall–Kier alpha value is -2.86. The number of carbonyl (C=O) groups is 2. The van der Waals surface area contributed by atoms with Gasteiger partial charge in [0, 0.05) is 32.7 Å². The van der Waals surface area contributed by atoms with Crippen molar-refractivity contribution in [2.75, 3.05) is 44.7 Å². The maximum absolute atomic E-state index is 12.8. The van der Waals surface area contributed by atoms with Gasteiger partial charge in [0.25, 0.3) is 11.8 Å². The zero-order valence-corrected chi connectivity index (χ0v) is 17.0. The number of hydrogen-bond acceptors (Lipinski definition) is 5. The molecule has 2 aromatic carbocycles. The lowest BCUT2D eigenvalue weighted by Gasteiger charge is -2.39. The van der Waals surface area contributed by atoms with E-state index in [-0.39, 0.29) is 17.9 Å². The largest absolute Gasteiger partial charge is 0.495 e. The molecule has 152 valence electrons. The van der Waals surface area contributed by atoms with E-state index in [1.54, 1.807) is 19.2 Å². The minimum atomic E-state index is -0.162. The maximum Gasteiger partial charge on any atom is 0.261 e. The summed E-state index contributed by atoms with van der Waals surface area (Å²) < 4.78 is 5.49. The fourth-order valence-corrected chi connectivity index (χ4v) is 4.29. The first-order valence-electron chi connectivity index (χ1n) is 10.2. The Morgan fingerprint density at radius 2 is 1.48 bits per heavy atom. The van der Waals surface area contributed by atoms with Crippen LogP contribution in [0.5, 0.6) is 5.75 Å². The van der Waals surface area contributed by atoms with Gasteiger partial charge in [-0.2, -0.15) is 0 Å². The number of hydrogen-bond donors (Lipinski definition) is 0. The number of nitrogens with zero attached hydrogens (tertiary/aromatic N) is 3. The molecule has 0 aliphatic carbocycles. The van der Waals surface area contributed by atoms with Crippen molar-refractivity contribution in [1.29, 1.82) is 0 Å². The first-order valence-corrected chi connectivity index (χ1v) is 10.2. The number of piperazine rings is 1. The van der Waals surface area contributed by atoms with Crippen LogP contribution in [0.4, 0.5) is 5.69 Å². The first kappa shape index (κ1) is 19.5. The predicted octanol–water partition coefficient (Wildman–Crippen LogP) is 2.89. The average molecular weight is 393 g/mol. The lowest BCUT2D eigenvalue weighted by Crippen LogP contribution is -2.52. The third-order valence-corrected chi connectivity index (χ3v) is 5.93. The third-order valence-electron chi connectivity index (χ3n) is 5.93. The van der Waals surface area contributed by atoms with Crippen LogP contribution in [0.15, 0.2) is 48.5 Å². The van der Waals surface area contributed by atoms with Crippen molar-refractivity contribution < 1.29 is 14.3 Å². The monoisotopic (exact) mass is 393 g/mol. The number of carbonyl (C=O) groups excluding carboxylic acids is 2. The molecule has 0 bridgehead atoms. The zero-order chi connectivity index (χ0) is 20.4. The molecule has 0 N–H and O–H groups in total. The number of methoxy groups -OCH3 is 1. The van der Waals surface area contributed by atoms with E-state index in [4.69, 9.17) is 4.74 Å². The van der Waals surface area contributed by atoms with Gasteiger partial charge in [0.2, 0.25) is 0 Å². The van der Waals surface area contributed by atoms with Crippen LogP contribution >= 0.6 is 0 Å². The van der Waals surface area contributed by atoms with Crippen LogP contribution in [0.1, 0.15) is 34.1 Å². The number of para-hydroxylation sites is 2. The highest BCUT2D eigenvalue weighted by atomic mass is 16.5. The van der Waals surface area contributed by atoms with Gasteiger partial charge < -0.3 is 9.64 Å². The summed E-state index contributed by atoms with van der Waals surface area (Å²) in [6, 6.07) is 15.1. The van der Waals surface area contributed by atoms with E-state index in [9.17, 15) is 9.59 Å². The molecule has 1 fully saturated rings. The number of amides is 2. The number of imide groups is 1. The second-order valence-electron chi connectivity index (χ2n) is 7.55. The molecule has 2 heterocycles. The van der Waals surface area contributed by atoms with E-state index < -0.39 is 0 Å². The molecule has 2 aromatic rings. The fraction of sp³-hybridized carbons (Fsp3) is 0.391. The second kappa shape index (κ2) is 8.25. The molecule has 4 rings (SSSR count). The molecule has 0 saturated carbocycles. The van der Waals surface area contributed by atoms with Gasteiger partial charge in [-0.3, -0.25) is 19.4 Å². The topological polar surface area (TPSA) is 53.1 Å². The normalized spacial score (nSPS) is 18.1. The molecule has 6 nitrogen and oxygen atoms in total. The third kappa shape index (κ3) is 3.60. The fourth-order valence-electron chi connectivity index (χ4n) is 4.29. The number of anilines is 1. The van der Waals surface area contributed by atoms with Gasteiger partial charge in [0.15, 0.2) is 0 Å². The summed E-state index contributed by atoms with van der Waals surface area (Å²) >= 11 is 0. The standard InChI is InChI=1S/C23H27N3O3/c1-3-17(26-22(27)18-8-4-5-9-19(18)23(26)28)16-24-12-14-25(15-13-24)20-10-6-7-11-21(20)29-2/h4-11,17H,3,12-16H2,1-2H3. The smallest absolute Gasteiger partial charge is 0.261 e. The Kier molecular flexibility index (Phi) is 5.53. The molecule has 1 unspecified atom stereocenters. The molecule has 2 amide bonds. The molecule has 0 aromatic heterocycles. The van der Waals surface area contributed by atoms with E-state index in [2.05, 4.69) is 15.9 Å². The van der Waals surface area contributed by atoms with Crippen molar-refractivity contribution in [1.82, 2.24) is 9.80 Å².